The molecule has 168 valence electrons. The number of nitrogens with one attached hydrogen (secondary N) is 1. The number of unbranched alkanes of at least 4 members (excludes halogenated alkanes) is 6. The van der Waals surface area contributed by atoms with Crippen LogP contribution in [0.3, 0.4) is 0 Å². The van der Waals surface area contributed by atoms with Gasteiger partial charge in [0.1, 0.15) is 5.75 Å². The lowest BCUT2D eigenvalue weighted by Crippen LogP contribution is -2.40. The Morgan fingerprint density at radius 3 is 2.43 bits per heavy atom. The second-order valence-corrected chi connectivity index (χ2v) is 7.49. The molecule has 0 atom stereocenters. The van der Waals surface area contributed by atoms with E-state index in [1.165, 1.54) is 31.7 Å². The van der Waals surface area contributed by atoms with E-state index in [-0.39, 0.29) is 42.1 Å². The molecular formula is C21H29ClF3N3O2. The Balaban J connectivity index is 0.00000320. The highest BCUT2D eigenvalue weighted by molar-refractivity contribution is 5.85. The van der Waals surface area contributed by atoms with E-state index < -0.39 is 11.7 Å². The fourth-order valence-electron chi connectivity index (χ4n) is 3.24. The third-order valence-corrected chi connectivity index (χ3v) is 5.12. The third kappa shape index (κ3) is 6.60. The van der Waals surface area contributed by atoms with E-state index in [1.807, 2.05) is 0 Å². The van der Waals surface area contributed by atoms with Crippen molar-refractivity contribution in [3.8, 4) is 17.1 Å². The van der Waals surface area contributed by atoms with Crippen LogP contribution in [-0.4, -0.2) is 29.8 Å². The van der Waals surface area contributed by atoms with Gasteiger partial charge in [0, 0.05) is 18.7 Å². The first-order valence-electron chi connectivity index (χ1n) is 10.4. The number of hydrogen-bond acceptors (Lipinski definition) is 5. The second kappa shape index (κ2) is 11.6. The van der Waals surface area contributed by atoms with E-state index in [1.54, 1.807) is 6.07 Å². The number of alkyl halides is 3. The summed E-state index contributed by atoms with van der Waals surface area (Å²) in [5, 5.41) is 6.93. The van der Waals surface area contributed by atoms with E-state index in [9.17, 15) is 13.2 Å². The van der Waals surface area contributed by atoms with Crippen molar-refractivity contribution < 1.29 is 22.4 Å². The monoisotopic (exact) mass is 447 g/mol. The average molecular weight is 448 g/mol. The summed E-state index contributed by atoms with van der Waals surface area (Å²) in [6.45, 7) is 3.92. The van der Waals surface area contributed by atoms with E-state index in [0.29, 0.717) is 5.89 Å². The molecule has 1 N–H and O–H groups in total. The lowest BCUT2D eigenvalue weighted by atomic mass is 10.0. The van der Waals surface area contributed by atoms with Gasteiger partial charge in [0.25, 0.3) is 0 Å². The quantitative estimate of drug-likeness (QED) is 0.428. The molecule has 1 aromatic heterocycles. The minimum Gasteiger partial charge on any atom is -0.493 e. The van der Waals surface area contributed by atoms with E-state index >= 15 is 0 Å². The lowest BCUT2D eigenvalue weighted by Gasteiger charge is -2.22. The zero-order valence-corrected chi connectivity index (χ0v) is 18.0. The topological polar surface area (TPSA) is 60.2 Å². The molecule has 2 aromatic rings. The summed E-state index contributed by atoms with van der Waals surface area (Å²) in [4.78, 5) is 4.25. The van der Waals surface area contributed by atoms with Crippen molar-refractivity contribution in [3.05, 3.63) is 29.7 Å². The number of halogens is 4. The molecule has 1 aliphatic rings. The Morgan fingerprint density at radius 1 is 1.10 bits per heavy atom. The highest BCUT2D eigenvalue weighted by Crippen LogP contribution is 2.38. The van der Waals surface area contributed by atoms with E-state index in [0.717, 1.165) is 38.4 Å². The Labute approximate surface area is 181 Å². The maximum atomic E-state index is 13.5. The molecule has 0 saturated carbocycles. The van der Waals surface area contributed by atoms with Crippen molar-refractivity contribution >= 4 is 12.4 Å². The summed E-state index contributed by atoms with van der Waals surface area (Å²) in [5.41, 5.74) is -0.544. The third-order valence-electron chi connectivity index (χ3n) is 5.12. The van der Waals surface area contributed by atoms with Gasteiger partial charge in [-0.2, -0.15) is 18.2 Å². The Kier molecular flexibility index (Phi) is 9.42. The predicted octanol–water partition coefficient (Wildman–Crippen LogP) is 5.99. The fourth-order valence-corrected chi connectivity index (χ4v) is 3.24. The molecule has 0 aliphatic carbocycles. The van der Waals surface area contributed by atoms with Crippen LogP contribution in [0.15, 0.2) is 22.7 Å². The van der Waals surface area contributed by atoms with Gasteiger partial charge in [0.15, 0.2) is 0 Å². The minimum atomic E-state index is -4.52. The van der Waals surface area contributed by atoms with Crippen molar-refractivity contribution in [2.75, 3.05) is 19.7 Å². The molecule has 0 radical (unpaired) electrons. The molecule has 1 aromatic carbocycles. The van der Waals surface area contributed by atoms with Crippen LogP contribution in [-0.2, 0) is 6.18 Å². The van der Waals surface area contributed by atoms with Crippen LogP contribution in [0, 0.1) is 0 Å². The normalized spacial score (nSPS) is 14.3. The SMILES string of the molecule is CCCCCCCCCOc1ccc(-c2noc(C3CNC3)n2)cc1C(F)(F)F.Cl. The number of ether oxygens (including phenoxy) is 1. The van der Waals surface area contributed by atoms with Gasteiger partial charge < -0.3 is 14.6 Å². The van der Waals surface area contributed by atoms with Crippen LogP contribution in [0.1, 0.15) is 69.2 Å². The molecule has 5 nitrogen and oxygen atoms in total. The van der Waals surface area contributed by atoms with Gasteiger partial charge >= 0.3 is 6.18 Å². The van der Waals surface area contributed by atoms with Crippen molar-refractivity contribution in [3.63, 3.8) is 0 Å². The maximum absolute atomic E-state index is 13.5. The Hall–Kier alpha value is -1.80. The highest BCUT2D eigenvalue weighted by Gasteiger charge is 2.35. The Bertz CT molecular complexity index is 779. The van der Waals surface area contributed by atoms with Crippen LogP contribution < -0.4 is 10.1 Å². The van der Waals surface area contributed by atoms with E-state index in [2.05, 4.69) is 22.4 Å². The molecule has 0 bridgehead atoms. The second-order valence-electron chi connectivity index (χ2n) is 7.49. The van der Waals surface area contributed by atoms with Gasteiger partial charge in [0.05, 0.1) is 18.1 Å². The minimum absolute atomic E-state index is 0. The standard InChI is InChI=1S/C21H28F3N3O2.ClH/c1-2-3-4-5-6-7-8-11-28-18-10-9-15(12-17(18)21(22,23)24)19-26-20(29-27-19)16-13-25-14-16;/h9-10,12,16,25H,2-8,11,13-14H2,1H3;1H. The first-order valence-corrected chi connectivity index (χ1v) is 10.4. The highest BCUT2D eigenvalue weighted by atomic mass is 35.5. The zero-order valence-electron chi connectivity index (χ0n) is 17.1. The maximum Gasteiger partial charge on any atom is 0.419 e. The van der Waals surface area contributed by atoms with Crippen molar-refractivity contribution in [2.45, 2.75) is 64.0 Å². The molecule has 1 aliphatic heterocycles. The molecular weight excluding hydrogens is 419 g/mol. The van der Waals surface area contributed by atoms with Crippen molar-refractivity contribution in [2.24, 2.45) is 0 Å². The van der Waals surface area contributed by atoms with Crippen LogP contribution in [0.25, 0.3) is 11.4 Å². The molecule has 3 rings (SSSR count). The first-order chi connectivity index (χ1) is 14.0. The summed E-state index contributed by atoms with van der Waals surface area (Å²) < 4.78 is 51.3. The Morgan fingerprint density at radius 2 is 1.80 bits per heavy atom. The van der Waals surface area contributed by atoms with Crippen molar-refractivity contribution in [1.82, 2.24) is 15.5 Å². The van der Waals surface area contributed by atoms with Crippen LogP contribution in [0.5, 0.6) is 5.75 Å². The first kappa shape index (κ1) is 24.5. The lowest BCUT2D eigenvalue weighted by molar-refractivity contribution is -0.138. The number of nitrogens with zero attached hydrogens (tertiary/aromatic N) is 2. The van der Waals surface area contributed by atoms with Crippen LogP contribution in [0.4, 0.5) is 13.2 Å². The van der Waals surface area contributed by atoms with Crippen LogP contribution in [0.2, 0.25) is 0 Å². The smallest absolute Gasteiger partial charge is 0.419 e. The summed E-state index contributed by atoms with van der Waals surface area (Å²) in [7, 11) is 0. The zero-order chi connectivity index (χ0) is 20.7. The van der Waals surface area contributed by atoms with Gasteiger partial charge in [-0.25, -0.2) is 0 Å². The molecule has 1 saturated heterocycles. The average Bonchev–Trinajstić information content (AvgIpc) is 3.11. The summed E-state index contributed by atoms with van der Waals surface area (Å²) in [6.07, 6.45) is 3.09. The molecule has 2 heterocycles. The molecule has 0 unspecified atom stereocenters. The summed E-state index contributed by atoms with van der Waals surface area (Å²) in [5.74, 6) is 0.588. The molecule has 1 fully saturated rings. The van der Waals surface area contributed by atoms with Gasteiger partial charge in [-0.15, -0.1) is 12.4 Å². The largest absolute Gasteiger partial charge is 0.493 e. The number of rotatable bonds is 11. The molecule has 30 heavy (non-hydrogen) atoms. The fraction of sp³-hybridized carbons (Fsp3) is 0.619. The van der Waals surface area contributed by atoms with Gasteiger partial charge in [0.2, 0.25) is 11.7 Å². The predicted molar refractivity (Wildman–Crippen MR) is 111 cm³/mol. The number of aromatic nitrogens is 2. The number of benzene rings is 1. The van der Waals surface area contributed by atoms with Crippen molar-refractivity contribution in [1.29, 1.82) is 0 Å². The van der Waals surface area contributed by atoms with Gasteiger partial charge in [-0.05, 0) is 24.6 Å². The van der Waals surface area contributed by atoms with Crippen LogP contribution >= 0.6 is 12.4 Å². The molecule has 9 heteroatoms. The molecule has 0 amide bonds. The number of hydrogen-bond donors (Lipinski definition) is 1. The van der Waals surface area contributed by atoms with Gasteiger partial charge in [-0.3, -0.25) is 0 Å². The van der Waals surface area contributed by atoms with Gasteiger partial charge in [-0.1, -0.05) is 50.6 Å². The van der Waals surface area contributed by atoms with E-state index in [4.69, 9.17) is 9.26 Å². The molecule has 0 spiro atoms. The summed E-state index contributed by atoms with van der Waals surface area (Å²) >= 11 is 0. The summed E-state index contributed by atoms with van der Waals surface area (Å²) in [6, 6.07) is 3.93.